The molecule has 0 aliphatic rings. The summed E-state index contributed by atoms with van der Waals surface area (Å²) >= 11 is -3.11. The summed E-state index contributed by atoms with van der Waals surface area (Å²) in [6.07, 6.45) is 0. The van der Waals surface area contributed by atoms with Crippen LogP contribution < -0.4 is 59.1 Å². The van der Waals surface area contributed by atoms with Gasteiger partial charge in [0.05, 0.1) is 0 Å². The molecule has 0 atom stereocenters. The molecule has 40 valence electrons. The smallest absolute Gasteiger partial charge is 0.784 e. The number of hydrogen-bond acceptors (Lipinski definition) is 4. The molecule has 0 saturated carbocycles. The van der Waals surface area contributed by atoms with E-state index in [2.05, 4.69) is 0 Å². The molecule has 0 aromatic heterocycles. The van der Waals surface area contributed by atoms with Gasteiger partial charge in [0.15, 0.2) is 0 Å². The van der Waals surface area contributed by atoms with Gasteiger partial charge in [0.2, 0.25) is 0 Å². The van der Waals surface area contributed by atoms with E-state index < -0.39 is 11.4 Å². The predicted octanol–water partition coefficient (Wildman–Crippen LogP) is -7.39. The number of aliphatic hydroxyl groups excluding tert-OH is 1. The molecule has 8 heavy (non-hydrogen) atoms. The number of hydrogen-bond donors (Lipinski definition) is 1. The van der Waals surface area contributed by atoms with E-state index in [0.29, 0.717) is 0 Å². The summed E-state index contributed by atoms with van der Waals surface area (Å²) < 4.78 is 25.3. The summed E-state index contributed by atoms with van der Waals surface area (Å²) in [5.74, 6) is 0. The van der Waals surface area contributed by atoms with Crippen molar-refractivity contribution < 1.29 is 77.5 Å². The van der Waals surface area contributed by atoms with E-state index in [4.69, 9.17) is 18.4 Å². The third-order valence-electron chi connectivity index (χ3n) is 0. The van der Waals surface area contributed by atoms with Crippen molar-refractivity contribution in [2.75, 3.05) is 7.11 Å². The molecule has 0 aromatic rings. The Hall–Kier alpha value is 2.03. The van der Waals surface area contributed by atoms with Crippen molar-refractivity contribution in [1.29, 1.82) is 0 Å². The fourth-order valence-corrected chi connectivity index (χ4v) is 0. The second kappa shape index (κ2) is 23.0. The molecule has 0 unspecified atom stereocenters. The van der Waals surface area contributed by atoms with Crippen LogP contribution in [0.4, 0.5) is 0 Å². The Morgan fingerprint density at radius 3 is 1.25 bits per heavy atom. The van der Waals surface area contributed by atoms with Crippen LogP contribution in [0.25, 0.3) is 0 Å². The van der Waals surface area contributed by atoms with Gasteiger partial charge in [-0.05, 0) is 0 Å². The first-order valence-corrected chi connectivity index (χ1v) is 1.95. The topological polar surface area (TPSA) is 83.4 Å². The first-order valence-electron chi connectivity index (χ1n) is 0.947. The van der Waals surface area contributed by atoms with E-state index in [0.717, 1.165) is 7.11 Å². The monoisotopic (exact) mass is 158 g/mol. The number of rotatable bonds is 0. The van der Waals surface area contributed by atoms with Crippen LogP contribution in [0.5, 0.6) is 0 Å². The molecule has 0 aliphatic carbocycles. The van der Waals surface area contributed by atoms with Gasteiger partial charge in [-0.25, -0.2) is 0 Å². The summed E-state index contributed by atoms with van der Waals surface area (Å²) in [6, 6.07) is 0. The van der Waals surface area contributed by atoms with Crippen LogP contribution in [0, 0.1) is 0 Å². The maximum Gasteiger partial charge on any atom is 1.00 e. The minimum absolute atomic E-state index is 0. The Bertz CT molecular complexity index is 37.0. The fraction of sp³-hybridized carbons (Fsp3) is 1.00. The standard InChI is InChI=1S/CH4O.2Na.H2O3S/c1-2;;;1-4(2)3/h2H,1H3;;;(H2,1,2,3)/q;2*+1;/p-2. The third-order valence-corrected chi connectivity index (χ3v) is 0. The Morgan fingerprint density at radius 2 is 1.25 bits per heavy atom. The largest absolute Gasteiger partial charge is 1.00 e. The quantitative estimate of drug-likeness (QED) is 0.280. The van der Waals surface area contributed by atoms with Gasteiger partial charge in [-0.2, -0.15) is 0 Å². The molecule has 0 heterocycles. The van der Waals surface area contributed by atoms with Crippen LogP contribution in [0.15, 0.2) is 0 Å². The van der Waals surface area contributed by atoms with Gasteiger partial charge in [-0.15, -0.1) is 11.4 Å². The molecular weight excluding hydrogens is 154 g/mol. The predicted molar refractivity (Wildman–Crippen MR) is 17.8 cm³/mol. The summed E-state index contributed by atoms with van der Waals surface area (Å²) in [4.78, 5) is 0. The first kappa shape index (κ1) is 22.5. The summed E-state index contributed by atoms with van der Waals surface area (Å²) in [5, 5.41) is 7.00. The average molecular weight is 158 g/mol. The fourth-order valence-electron chi connectivity index (χ4n) is 0. The van der Waals surface area contributed by atoms with E-state index >= 15 is 0 Å². The van der Waals surface area contributed by atoms with E-state index in [1.54, 1.807) is 0 Å². The average Bonchev–Trinajstić information content (AvgIpc) is 1.41. The van der Waals surface area contributed by atoms with E-state index in [9.17, 15) is 0 Å². The van der Waals surface area contributed by atoms with Crippen molar-refractivity contribution in [2.45, 2.75) is 0 Å². The van der Waals surface area contributed by atoms with Crippen LogP contribution in [0.2, 0.25) is 0 Å². The molecule has 7 heteroatoms. The van der Waals surface area contributed by atoms with Gasteiger partial charge < -0.3 is 14.2 Å². The molecule has 0 amide bonds. The second-order valence-corrected chi connectivity index (χ2v) is 0.612. The van der Waals surface area contributed by atoms with Crippen molar-refractivity contribution in [1.82, 2.24) is 0 Å². The summed E-state index contributed by atoms with van der Waals surface area (Å²) in [5.41, 5.74) is 0. The molecule has 0 fully saturated rings. The second-order valence-electron chi connectivity index (χ2n) is 0.204. The van der Waals surface area contributed by atoms with E-state index in [1.165, 1.54) is 0 Å². The van der Waals surface area contributed by atoms with Gasteiger partial charge in [-0.3, -0.25) is 4.21 Å². The number of aliphatic hydroxyl groups is 1. The van der Waals surface area contributed by atoms with Gasteiger partial charge in [-0.1, -0.05) is 0 Å². The molecular formula is CH4Na2O4S. The van der Waals surface area contributed by atoms with Gasteiger partial charge in [0.1, 0.15) is 0 Å². The van der Waals surface area contributed by atoms with Crippen LogP contribution >= 0.6 is 0 Å². The van der Waals surface area contributed by atoms with E-state index in [-0.39, 0.29) is 59.1 Å². The maximum atomic E-state index is 8.44. The minimum atomic E-state index is -3.11. The Labute approximate surface area is 94.7 Å². The molecule has 0 bridgehead atoms. The van der Waals surface area contributed by atoms with Crippen LogP contribution in [-0.4, -0.2) is 25.5 Å². The normalized spacial score (nSPS) is 5.12. The van der Waals surface area contributed by atoms with Gasteiger partial charge in [0.25, 0.3) is 0 Å². The molecule has 0 rings (SSSR count). The Kier molecular flexibility index (Phi) is 64.7. The van der Waals surface area contributed by atoms with Crippen molar-refractivity contribution in [2.24, 2.45) is 0 Å². The SMILES string of the molecule is CO.O=S([O-])[O-].[Na+].[Na+]. The molecule has 0 spiro atoms. The summed E-state index contributed by atoms with van der Waals surface area (Å²) in [7, 11) is 1.00. The zero-order valence-electron chi connectivity index (χ0n) is 5.08. The third kappa shape index (κ3) is 96.3. The van der Waals surface area contributed by atoms with Gasteiger partial charge >= 0.3 is 59.1 Å². The van der Waals surface area contributed by atoms with Crippen LogP contribution in [0.3, 0.4) is 0 Å². The Morgan fingerprint density at radius 1 is 1.25 bits per heavy atom. The zero-order chi connectivity index (χ0) is 5.58. The Balaban J connectivity index is -0.0000000183. The zero-order valence-corrected chi connectivity index (χ0v) is 9.90. The molecule has 0 saturated heterocycles. The molecule has 0 aliphatic heterocycles. The first-order chi connectivity index (χ1) is 2.73. The molecule has 4 nitrogen and oxygen atoms in total. The minimum Gasteiger partial charge on any atom is -0.784 e. The van der Waals surface area contributed by atoms with Crippen molar-refractivity contribution in [3.8, 4) is 0 Å². The van der Waals surface area contributed by atoms with Crippen LogP contribution in [0.1, 0.15) is 0 Å². The molecule has 1 N–H and O–H groups in total. The molecule has 0 radical (unpaired) electrons. The van der Waals surface area contributed by atoms with Crippen LogP contribution in [-0.2, 0) is 11.4 Å². The van der Waals surface area contributed by atoms with Crippen molar-refractivity contribution in [3.05, 3.63) is 0 Å². The summed E-state index contributed by atoms with van der Waals surface area (Å²) in [6.45, 7) is 0. The maximum absolute atomic E-state index is 8.44. The van der Waals surface area contributed by atoms with E-state index in [1.807, 2.05) is 0 Å². The van der Waals surface area contributed by atoms with Gasteiger partial charge in [0, 0.05) is 7.11 Å². The van der Waals surface area contributed by atoms with Crippen molar-refractivity contribution >= 4 is 11.4 Å². The molecule has 0 aromatic carbocycles. The van der Waals surface area contributed by atoms with Crippen molar-refractivity contribution in [3.63, 3.8) is 0 Å².